The van der Waals surface area contributed by atoms with E-state index in [4.69, 9.17) is 20.1 Å². The first-order valence-electron chi connectivity index (χ1n) is 21.9. The van der Waals surface area contributed by atoms with Gasteiger partial charge in [-0.15, -0.1) is 0 Å². The van der Waals surface area contributed by atoms with Gasteiger partial charge in [-0.05, 0) is 57.2 Å². The molecule has 348 valence electrons. The number of carbonyl (C=O) groups excluding carboxylic acids is 5. The molecule has 4 N–H and O–H groups in total. The van der Waals surface area contributed by atoms with E-state index < -0.39 is 60.5 Å². The van der Waals surface area contributed by atoms with Crippen molar-refractivity contribution in [2.75, 3.05) is 69.1 Å². The molecule has 16 heteroatoms. The molecule has 0 radical (unpaired) electrons. The summed E-state index contributed by atoms with van der Waals surface area (Å²) in [6.07, 6.45) is -0.539. The van der Waals surface area contributed by atoms with E-state index in [1.165, 1.54) is 9.91 Å². The third-order valence-electron chi connectivity index (χ3n) is 12.2. The summed E-state index contributed by atoms with van der Waals surface area (Å²) in [6.45, 7) is 16.7. The lowest BCUT2D eigenvalue weighted by atomic mass is 9.89. The van der Waals surface area contributed by atoms with Crippen LogP contribution in [0.1, 0.15) is 92.7 Å². The second-order valence-corrected chi connectivity index (χ2v) is 17.9. The molecule has 1 aromatic carbocycles. The summed E-state index contributed by atoms with van der Waals surface area (Å²) < 4.78 is 18.0. The van der Waals surface area contributed by atoms with E-state index in [1.54, 1.807) is 59.0 Å². The number of likely N-dealkylation sites (tertiary alicyclic amines) is 1. The third-order valence-corrected chi connectivity index (χ3v) is 12.2. The van der Waals surface area contributed by atoms with E-state index in [2.05, 4.69) is 10.6 Å². The summed E-state index contributed by atoms with van der Waals surface area (Å²) in [5.41, 5.74) is 0.723. The molecule has 5 amide bonds. The number of benzene rings is 1. The molecule has 1 unspecified atom stereocenters. The summed E-state index contributed by atoms with van der Waals surface area (Å²) in [7, 11) is 11.9. The number of hydrazine groups is 1. The SMILES string of the molecule is CC[C@H](C)[C@@H](C(CC(=O)N1CCC[C@H]1[C@H](OC)[C@@H](C)C(=O)N[C@H](C)[C@@H](OC(=O)N(C)CCN(C)N)c1ccccc1)OC)N(C)C(=O)[C@@H](NC(=O)[C@H](C(C)C)N(C)C)C(C)C. The maximum absolute atomic E-state index is 14.4. The fourth-order valence-corrected chi connectivity index (χ4v) is 8.54. The molecule has 1 aliphatic rings. The fraction of sp³-hybridized carbons (Fsp3) is 0.756. The topological polar surface area (TPSA) is 179 Å². The molecule has 1 aromatic rings. The fourth-order valence-electron chi connectivity index (χ4n) is 8.54. The van der Waals surface area contributed by atoms with Gasteiger partial charge in [-0.3, -0.25) is 29.9 Å². The first kappa shape index (κ1) is 53.3. The number of rotatable bonds is 24. The zero-order valence-electron chi connectivity index (χ0n) is 39.8. The number of nitrogens with two attached hydrogens (primary N) is 1. The highest BCUT2D eigenvalue weighted by Gasteiger charge is 2.43. The van der Waals surface area contributed by atoms with E-state index in [0.717, 1.165) is 18.4 Å². The highest BCUT2D eigenvalue weighted by atomic mass is 16.6. The molecule has 0 saturated carbocycles. The Labute approximate surface area is 366 Å². The number of carbonyl (C=O) groups is 5. The van der Waals surface area contributed by atoms with Crippen LogP contribution in [0.4, 0.5) is 4.79 Å². The van der Waals surface area contributed by atoms with Crippen molar-refractivity contribution in [3.05, 3.63) is 35.9 Å². The molecular weight excluding hydrogens is 781 g/mol. The van der Waals surface area contributed by atoms with Gasteiger partial charge in [-0.25, -0.2) is 9.80 Å². The van der Waals surface area contributed by atoms with Gasteiger partial charge in [0.15, 0.2) is 0 Å². The van der Waals surface area contributed by atoms with Crippen LogP contribution in [0.5, 0.6) is 0 Å². The molecule has 10 atom stereocenters. The van der Waals surface area contributed by atoms with E-state index in [9.17, 15) is 24.0 Å². The Balaban J connectivity index is 2.29. The number of methoxy groups -OCH3 is 2. The molecule has 16 nitrogen and oxygen atoms in total. The number of amides is 5. The number of likely N-dealkylation sites (N-methyl/N-ethyl adjacent to an activating group) is 4. The Hall–Kier alpha value is -3.83. The van der Waals surface area contributed by atoms with Gasteiger partial charge in [0.25, 0.3) is 0 Å². The lowest BCUT2D eigenvalue weighted by Gasteiger charge is -2.41. The van der Waals surface area contributed by atoms with Crippen molar-refractivity contribution < 1.29 is 38.2 Å². The van der Waals surface area contributed by atoms with Crippen LogP contribution in [0, 0.1) is 23.7 Å². The van der Waals surface area contributed by atoms with E-state index in [-0.39, 0.29) is 47.8 Å². The zero-order valence-corrected chi connectivity index (χ0v) is 39.8. The van der Waals surface area contributed by atoms with Gasteiger partial charge in [0.2, 0.25) is 23.6 Å². The Morgan fingerprint density at radius 2 is 1.48 bits per heavy atom. The Kier molecular flexibility index (Phi) is 22.1. The van der Waals surface area contributed by atoms with Crippen molar-refractivity contribution >= 4 is 29.7 Å². The van der Waals surface area contributed by atoms with Crippen molar-refractivity contribution in [1.29, 1.82) is 0 Å². The van der Waals surface area contributed by atoms with Gasteiger partial charge in [0, 0.05) is 55.0 Å². The standard InChI is InChI=1S/C45H80N8O8/c1-16-30(6)39(52(13)44(57)37(28(2)3)48-43(56)38(29(4)5)49(9)10)35(59-14)27-36(54)53-24-20-23-34(53)40(60-15)31(7)42(55)47-32(8)41(33-21-18-17-19-22-33)61-45(58)50(11)25-26-51(12)46/h17-19,21-22,28-32,34-35,37-41H,16,20,23-27,46H2,1-15H3,(H,47,55)(H,48,56)/t30-,31+,32+,34-,35?,37-,38-,39-,40+,41+/m0/s1. The number of hydrogen-bond donors (Lipinski definition) is 3. The molecule has 0 bridgehead atoms. The molecule has 1 saturated heterocycles. The molecule has 0 aliphatic carbocycles. The Morgan fingerprint density at radius 3 is 1.98 bits per heavy atom. The van der Waals surface area contributed by atoms with Crippen molar-refractivity contribution in [2.24, 2.45) is 29.5 Å². The third kappa shape index (κ3) is 14.9. The Bertz CT molecular complexity index is 1520. The van der Waals surface area contributed by atoms with Gasteiger partial charge < -0.3 is 39.5 Å². The minimum absolute atomic E-state index is 0.00255. The predicted octanol–water partition coefficient (Wildman–Crippen LogP) is 3.75. The van der Waals surface area contributed by atoms with Gasteiger partial charge in [0.05, 0.1) is 48.7 Å². The van der Waals surface area contributed by atoms with Gasteiger partial charge in [-0.2, -0.15) is 0 Å². The first-order chi connectivity index (χ1) is 28.6. The quantitative estimate of drug-likeness (QED) is 0.102. The molecule has 61 heavy (non-hydrogen) atoms. The largest absolute Gasteiger partial charge is 0.439 e. The van der Waals surface area contributed by atoms with Crippen LogP contribution >= 0.6 is 0 Å². The van der Waals surface area contributed by atoms with Crippen LogP contribution in [-0.2, 0) is 33.4 Å². The van der Waals surface area contributed by atoms with Crippen molar-refractivity contribution in [1.82, 2.24) is 35.2 Å². The number of ether oxygens (including phenoxy) is 3. The molecular formula is C45H80N8O8. The van der Waals surface area contributed by atoms with Gasteiger partial charge in [-0.1, -0.05) is 85.2 Å². The van der Waals surface area contributed by atoms with Crippen LogP contribution < -0.4 is 16.5 Å². The second kappa shape index (κ2) is 25.3. The highest BCUT2D eigenvalue weighted by molar-refractivity contribution is 5.90. The van der Waals surface area contributed by atoms with E-state index in [1.807, 2.05) is 90.9 Å². The normalized spacial score (nSPS) is 18.8. The maximum Gasteiger partial charge on any atom is 0.410 e. The van der Waals surface area contributed by atoms with Gasteiger partial charge >= 0.3 is 6.09 Å². The highest BCUT2D eigenvalue weighted by Crippen LogP contribution is 2.30. The summed E-state index contributed by atoms with van der Waals surface area (Å²) in [6, 6.07) is 6.59. The smallest absolute Gasteiger partial charge is 0.410 e. The molecule has 0 aromatic heterocycles. The number of hydrogen-bond acceptors (Lipinski definition) is 11. The second-order valence-electron chi connectivity index (χ2n) is 17.9. The zero-order chi connectivity index (χ0) is 46.3. The first-order valence-corrected chi connectivity index (χ1v) is 21.9. The average molecular weight is 861 g/mol. The summed E-state index contributed by atoms with van der Waals surface area (Å²) in [5, 5.41) is 7.59. The van der Waals surface area contributed by atoms with E-state index in [0.29, 0.717) is 26.1 Å². The Morgan fingerprint density at radius 1 is 0.852 bits per heavy atom. The maximum atomic E-state index is 14.4. The molecule has 1 aliphatic heterocycles. The minimum atomic E-state index is -0.787. The predicted molar refractivity (Wildman–Crippen MR) is 238 cm³/mol. The van der Waals surface area contributed by atoms with Crippen molar-refractivity contribution in [2.45, 2.75) is 130 Å². The van der Waals surface area contributed by atoms with Crippen molar-refractivity contribution in [3.63, 3.8) is 0 Å². The average Bonchev–Trinajstić information content (AvgIpc) is 3.69. The van der Waals surface area contributed by atoms with E-state index >= 15 is 0 Å². The molecule has 1 heterocycles. The lowest BCUT2D eigenvalue weighted by Crippen LogP contribution is -2.59. The lowest BCUT2D eigenvalue weighted by molar-refractivity contribution is -0.148. The summed E-state index contributed by atoms with van der Waals surface area (Å²) in [4.78, 5) is 76.1. The van der Waals surface area contributed by atoms with Crippen LogP contribution in [0.15, 0.2) is 30.3 Å². The number of nitrogens with one attached hydrogen (secondary N) is 2. The summed E-state index contributed by atoms with van der Waals surface area (Å²) in [5.74, 6) is 3.94. The van der Waals surface area contributed by atoms with Crippen molar-refractivity contribution in [3.8, 4) is 0 Å². The van der Waals surface area contributed by atoms with Crippen LogP contribution in [0.2, 0.25) is 0 Å². The van der Waals surface area contributed by atoms with Crippen LogP contribution in [0.25, 0.3) is 0 Å². The monoisotopic (exact) mass is 861 g/mol. The van der Waals surface area contributed by atoms with Crippen LogP contribution in [-0.4, -0.2) is 166 Å². The van der Waals surface area contributed by atoms with Crippen LogP contribution in [0.3, 0.4) is 0 Å². The van der Waals surface area contributed by atoms with Gasteiger partial charge in [0.1, 0.15) is 12.1 Å². The summed E-state index contributed by atoms with van der Waals surface area (Å²) >= 11 is 0. The minimum Gasteiger partial charge on any atom is -0.439 e. The molecule has 0 spiro atoms. The number of nitrogens with zero attached hydrogens (tertiary/aromatic N) is 5. The molecule has 2 rings (SSSR count). The molecule has 1 fully saturated rings.